The maximum atomic E-state index is 13.5. The quantitative estimate of drug-likeness (QED) is 0.435. The number of benzene rings is 1. The Morgan fingerprint density at radius 3 is 2.81 bits per heavy atom. The number of nitrogens with zero attached hydrogens (tertiary/aromatic N) is 4. The molecule has 32 heavy (non-hydrogen) atoms. The average molecular weight is 449 g/mol. The van der Waals surface area contributed by atoms with E-state index in [9.17, 15) is 8.42 Å². The first-order valence-electron chi connectivity index (χ1n) is 10.8. The fourth-order valence-electron chi connectivity index (χ4n) is 4.80. The number of sulfone groups is 1. The van der Waals surface area contributed by atoms with Gasteiger partial charge in [-0.05, 0) is 44.4 Å². The molecule has 0 amide bonds. The molecule has 164 valence electrons. The molecule has 1 aliphatic carbocycles. The zero-order chi connectivity index (χ0) is 22.3. The van der Waals surface area contributed by atoms with Crippen LogP contribution in [0.25, 0.3) is 22.1 Å². The second-order valence-corrected chi connectivity index (χ2v) is 10.1. The van der Waals surface area contributed by atoms with Gasteiger partial charge in [0, 0.05) is 36.6 Å². The molecule has 9 heteroatoms. The van der Waals surface area contributed by atoms with Crippen LogP contribution in [0.4, 0.5) is 0 Å². The first-order valence-corrected chi connectivity index (χ1v) is 12.2. The van der Waals surface area contributed by atoms with E-state index in [0.29, 0.717) is 30.2 Å². The van der Waals surface area contributed by atoms with Gasteiger partial charge in [-0.25, -0.2) is 18.4 Å². The summed E-state index contributed by atoms with van der Waals surface area (Å²) in [6.45, 7) is 2.61. The van der Waals surface area contributed by atoms with Crippen LogP contribution in [0.1, 0.15) is 37.5 Å². The zero-order valence-corrected chi connectivity index (χ0v) is 18.6. The van der Waals surface area contributed by atoms with Gasteiger partial charge < -0.3 is 14.9 Å². The normalized spacial score (nSPS) is 19.0. The van der Waals surface area contributed by atoms with Gasteiger partial charge in [-0.2, -0.15) is 5.26 Å². The standard InChI is InChI=1S/C23H24N6O2S/c1-15-27-20-21(29(15)17-9-8-16(14-17)25-12-5-11-24)19-10-13-26-22(19)28-23(20)32(30,31)18-6-3-2-4-7-18/h2-4,6-7,10,13,16-17,25H,5,8-9,12,14H2,1H3,(H,26,28). The predicted octanol–water partition coefficient (Wildman–Crippen LogP) is 3.65. The van der Waals surface area contributed by atoms with E-state index >= 15 is 0 Å². The number of hydrogen-bond donors (Lipinski definition) is 2. The molecule has 2 atom stereocenters. The molecule has 3 heterocycles. The summed E-state index contributed by atoms with van der Waals surface area (Å²) in [6.07, 6.45) is 5.15. The third-order valence-corrected chi connectivity index (χ3v) is 7.92. The van der Waals surface area contributed by atoms with E-state index in [4.69, 9.17) is 10.2 Å². The lowest BCUT2D eigenvalue weighted by Gasteiger charge is -2.17. The van der Waals surface area contributed by atoms with Gasteiger partial charge in [-0.3, -0.25) is 0 Å². The third-order valence-electron chi connectivity index (χ3n) is 6.23. The first kappa shape index (κ1) is 20.7. The summed E-state index contributed by atoms with van der Waals surface area (Å²) >= 11 is 0. The Balaban J connectivity index is 1.65. The SMILES string of the molecule is Cc1nc2c(S(=O)(=O)c3ccccc3)nc3[nH]ccc3c2n1C1CCC(NCCC#N)C1. The molecule has 1 aromatic carbocycles. The second kappa shape index (κ2) is 8.04. The summed E-state index contributed by atoms with van der Waals surface area (Å²) < 4.78 is 29.2. The summed E-state index contributed by atoms with van der Waals surface area (Å²) in [5.74, 6) is 0.780. The number of hydrogen-bond acceptors (Lipinski definition) is 6. The summed E-state index contributed by atoms with van der Waals surface area (Å²) in [4.78, 5) is 12.5. The average Bonchev–Trinajstić information content (AvgIpc) is 3.51. The van der Waals surface area contributed by atoms with Crippen LogP contribution < -0.4 is 5.32 Å². The van der Waals surface area contributed by atoms with Crippen LogP contribution in [0.3, 0.4) is 0 Å². The lowest BCUT2D eigenvalue weighted by atomic mass is 10.2. The topological polar surface area (TPSA) is 116 Å². The second-order valence-electron chi connectivity index (χ2n) is 8.23. The Bertz CT molecular complexity index is 1430. The van der Waals surface area contributed by atoms with Crippen LogP contribution >= 0.6 is 0 Å². The Hall–Kier alpha value is -3.22. The molecule has 5 rings (SSSR count). The van der Waals surface area contributed by atoms with Gasteiger partial charge in [-0.1, -0.05) is 18.2 Å². The molecule has 2 unspecified atom stereocenters. The molecular formula is C23H24N6O2S. The molecule has 1 fully saturated rings. The number of nitriles is 1. The van der Waals surface area contributed by atoms with Crippen molar-refractivity contribution < 1.29 is 8.42 Å². The summed E-state index contributed by atoms with van der Waals surface area (Å²) in [5.41, 5.74) is 1.76. The largest absolute Gasteiger partial charge is 0.346 e. The van der Waals surface area contributed by atoms with Crippen molar-refractivity contribution in [3.63, 3.8) is 0 Å². The van der Waals surface area contributed by atoms with Crippen LogP contribution in [0.5, 0.6) is 0 Å². The van der Waals surface area contributed by atoms with Crippen molar-refractivity contribution in [1.29, 1.82) is 5.26 Å². The minimum Gasteiger partial charge on any atom is -0.346 e. The lowest BCUT2D eigenvalue weighted by molar-refractivity contribution is 0.479. The fourth-order valence-corrected chi connectivity index (χ4v) is 6.15. The number of H-pyrrole nitrogens is 1. The van der Waals surface area contributed by atoms with Crippen molar-refractivity contribution in [2.75, 3.05) is 6.54 Å². The van der Waals surface area contributed by atoms with E-state index in [1.54, 1.807) is 36.5 Å². The molecule has 0 radical (unpaired) electrons. The highest BCUT2D eigenvalue weighted by Gasteiger charge is 2.32. The molecule has 8 nitrogen and oxygen atoms in total. The van der Waals surface area contributed by atoms with Gasteiger partial charge >= 0.3 is 0 Å². The predicted molar refractivity (Wildman–Crippen MR) is 121 cm³/mol. The molecule has 0 saturated heterocycles. The van der Waals surface area contributed by atoms with Crippen molar-refractivity contribution in [2.24, 2.45) is 0 Å². The van der Waals surface area contributed by atoms with Gasteiger partial charge in [0.25, 0.3) is 0 Å². The van der Waals surface area contributed by atoms with Crippen LogP contribution in [0.15, 0.2) is 52.5 Å². The zero-order valence-electron chi connectivity index (χ0n) is 17.7. The van der Waals surface area contributed by atoms with Crippen LogP contribution in [-0.4, -0.2) is 40.5 Å². The summed E-state index contributed by atoms with van der Waals surface area (Å²) in [5, 5.41) is 13.1. The number of nitrogens with one attached hydrogen (secondary N) is 2. The summed E-state index contributed by atoms with van der Waals surface area (Å²) in [7, 11) is -3.84. The number of aryl methyl sites for hydroxylation is 1. The lowest BCUT2D eigenvalue weighted by Crippen LogP contribution is -2.27. The highest BCUT2D eigenvalue weighted by molar-refractivity contribution is 7.91. The molecule has 0 bridgehead atoms. The van der Waals surface area contributed by atoms with E-state index in [0.717, 1.165) is 36.0 Å². The van der Waals surface area contributed by atoms with Gasteiger partial charge in [0.2, 0.25) is 9.84 Å². The van der Waals surface area contributed by atoms with Gasteiger partial charge in [0.1, 0.15) is 17.0 Å². The highest BCUT2D eigenvalue weighted by atomic mass is 32.2. The molecule has 0 spiro atoms. The molecule has 2 N–H and O–H groups in total. The molecule has 0 aliphatic heterocycles. The van der Waals surface area contributed by atoms with E-state index < -0.39 is 9.84 Å². The van der Waals surface area contributed by atoms with Crippen molar-refractivity contribution in [3.8, 4) is 6.07 Å². The van der Waals surface area contributed by atoms with Crippen LogP contribution in [0.2, 0.25) is 0 Å². The van der Waals surface area contributed by atoms with E-state index in [1.807, 2.05) is 13.0 Å². The monoisotopic (exact) mass is 448 g/mol. The molecule has 3 aromatic heterocycles. The fraction of sp³-hybridized carbons (Fsp3) is 0.348. The minimum atomic E-state index is -3.84. The number of imidazole rings is 1. The maximum Gasteiger partial charge on any atom is 0.226 e. The Morgan fingerprint density at radius 2 is 2.03 bits per heavy atom. The Morgan fingerprint density at radius 1 is 1.22 bits per heavy atom. The van der Waals surface area contributed by atoms with Crippen molar-refractivity contribution >= 4 is 31.9 Å². The molecule has 1 aliphatic rings. The molecular weight excluding hydrogens is 424 g/mol. The van der Waals surface area contributed by atoms with Gasteiger partial charge in [-0.15, -0.1) is 0 Å². The van der Waals surface area contributed by atoms with Gasteiger partial charge in [0.05, 0.1) is 16.5 Å². The van der Waals surface area contributed by atoms with Gasteiger partial charge in [0.15, 0.2) is 5.03 Å². The third kappa shape index (κ3) is 3.36. The van der Waals surface area contributed by atoms with E-state index in [2.05, 4.69) is 25.9 Å². The number of pyridine rings is 1. The van der Waals surface area contributed by atoms with Crippen LogP contribution in [0, 0.1) is 18.3 Å². The van der Waals surface area contributed by atoms with Crippen molar-refractivity contribution in [3.05, 3.63) is 48.4 Å². The van der Waals surface area contributed by atoms with Crippen LogP contribution in [-0.2, 0) is 9.84 Å². The Labute approximate surface area is 186 Å². The van der Waals surface area contributed by atoms with Crippen molar-refractivity contribution in [2.45, 2.75) is 54.6 Å². The smallest absolute Gasteiger partial charge is 0.226 e. The van der Waals surface area contributed by atoms with Crippen molar-refractivity contribution in [1.82, 2.24) is 24.8 Å². The number of rotatable bonds is 6. The Kier molecular flexibility index (Phi) is 5.19. The number of aromatic nitrogens is 4. The van der Waals surface area contributed by atoms with E-state index in [1.165, 1.54) is 0 Å². The highest BCUT2D eigenvalue weighted by Crippen LogP contribution is 2.38. The molecule has 1 saturated carbocycles. The summed E-state index contributed by atoms with van der Waals surface area (Å²) in [6, 6.07) is 13.0. The molecule has 4 aromatic rings. The minimum absolute atomic E-state index is 0.0165. The number of fused-ring (bicyclic) bond motifs is 3. The number of aromatic amines is 1. The first-order chi connectivity index (χ1) is 15.5. The maximum absolute atomic E-state index is 13.5. The van der Waals surface area contributed by atoms with E-state index in [-0.39, 0.29) is 16.0 Å².